The molecule has 3 atom stereocenters. The summed E-state index contributed by atoms with van der Waals surface area (Å²) in [6, 6.07) is 0. The van der Waals surface area contributed by atoms with Gasteiger partial charge in [-0.05, 0) is 62.7 Å². The van der Waals surface area contributed by atoms with Gasteiger partial charge in [0.25, 0.3) is 0 Å². The van der Waals surface area contributed by atoms with Gasteiger partial charge in [-0.1, -0.05) is 93.4 Å². The topological polar surface area (TPSA) is 0 Å². The Morgan fingerprint density at radius 2 is 0.767 bits per heavy atom. The normalized spacial score (nSPS) is 16.5. The van der Waals surface area contributed by atoms with Crippen molar-refractivity contribution in [1.82, 2.24) is 0 Å². The molecule has 0 saturated carbocycles. The predicted octanol–water partition coefficient (Wildman–Crippen LogP) is 7.46. The minimum atomic E-state index is -0.851. The fourth-order valence-electron chi connectivity index (χ4n) is 5.39. The molecule has 0 aromatic heterocycles. The molecule has 184 valence electrons. The Labute approximate surface area is 204 Å². The van der Waals surface area contributed by atoms with Gasteiger partial charge in [-0.3, -0.25) is 0 Å². The van der Waals surface area contributed by atoms with Crippen LogP contribution in [0, 0.1) is 17.8 Å². The lowest BCUT2D eigenvalue weighted by Crippen LogP contribution is -3.00. The second-order valence-corrected chi connectivity index (χ2v) is 14.4. The smallest absolute Gasteiger partial charge is 0.0622 e. The van der Waals surface area contributed by atoms with Crippen molar-refractivity contribution >= 4 is 7.26 Å². The minimum absolute atomic E-state index is 0. The van der Waals surface area contributed by atoms with Crippen LogP contribution < -0.4 is 17.0 Å². The van der Waals surface area contributed by atoms with E-state index in [1.165, 1.54) is 89.9 Å². The minimum Gasteiger partial charge on any atom is -1.00 e. The zero-order valence-electron chi connectivity index (χ0n) is 22.3. The molecular formula is C28H60BrP. The van der Waals surface area contributed by atoms with Crippen LogP contribution in [0.3, 0.4) is 0 Å². The molecule has 30 heavy (non-hydrogen) atoms. The summed E-state index contributed by atoms with van der Waals surface area (Å²) in [5.74, 6) is 3.02. The Hall–Kier alpha value is 0.910. The first-order valence-corrected chi connectivity index (χ1v) is 16.4. The zero-order chi connectivity index (χ0) is 22.0. The number of unbranched alkanes of at least 4 members (excludes halogenated alkanes) is 4. The van der Waals surface area contributed by atoms with Gasteiger partial charge in [0.05, 0.1) is 24.6 Å². The van der Waals surface area contributed by atoms with Crippen LogP contribution in [0.25, 0.3) is 0 Å². The van der Waals surface area contributed by atoms with Crippen molar-refractivity contribution in [2.45, 2.75) is 138 Å². The molecule has 0 aromatic carbocycles. The Morgan fingerprint density at radius 1 is 0.467 bits per heavy atom. The van der Waals surface area contributed by atoms with Crippen LogP contribution in [0.1, 0.15) is 138 Å². The highest BCUT2D eigenvalue weighted by molar-refractivity contribution is 7.75. The van der Waals surface area contributed by atoms with E-state index in [2.05, 4.69) is 48.5 Å². The summed E-state index contributed by atoms with van der Waals surface area (Å²) >= 11 is 0. The first-order chi connectivity index (χ1) is 14.0. The first kappa shape index (κ1) is 33.1. The Bertz CT molecular complexity index is 298. The van der Waals surface area contributed by atoms with Gasteiger partial charge in [0.2, 0.25) is 0 Å². The third-order valence-corrected chi connectivity index (χ3v) is 12.7. The maximum Gasteiger partial charge on any atom is 0.0622 e. The van der Waals surface area contributed by atoms with E-state index >= 15 is 0 Å². The van der Waals surface area contributed by atoms with Crippen molar-refractivity contribution in [3.8, 4) is 0 Å². The molecule has 0 saturated heterocycles. The molecular weight excluding hydrogens is 447 g/mol. The average Bonchev–Trinajstić information content (AvgIpc) is 2.75. The van der Waals surface area contributed by atoms with Crippen LogP contribution in [0.5, 0.6) is 0 Å². The van der Waals surface area contributed by atoms with Gasteiger partial charge in [0, 0.05) is 7.26 Å². The second kappa shape index (κ2) is 21.7. The van der Waals surface area contributed by atoms with Gasteiger partial charge < -0.3 is 17.0 Å². The van der Waals surface area contributed by atoms with Gasteiger partial charge in [-0.2, -0.15) is 0 Å². The highest BCUT2D eigenvalue weighted by Crippen LogP contribution is 2.64. The van der Waals surface area contributed by atoms with E-state index in [1.54, 1.807) is 24.6 Å². The highest BCUT2D eigenvalue weighted by atomic mass is 79.9. The monoisotopic (exact) mass is 506 g/mol. The summed E-state index contributed by atoms with van der Waals surface area (Å²) in [6.07, 6.45) is 26.6. The summed E-state index contributed by atoms with van der Waals surface area (Å²) in [7, 11) is -0.851. The first-order valence-electron chi connectivity index (χ1n) is 13.9. The van der Waals surface area contributed by atoms with Crippen molar-refractivity contribution in [3.63, 3.8) is 0 Å². The van der Waals surface area contributed by atoms with Crippen molar-refractivity contribution in [2.24, 2.45) is 17.8 Å². The molecule has 2 heteroatoms. The van der Waals surface area contributed by atoms with E-state index in [0.29, 0.717) is 0 Å². The molecule has 0 aliphatic heterocycles. The molecule has 0 aliphatic carbocycles. The molecule has 0 amide bonds. The van der Waals surface area contributed by atoms with Crippen molar-refractivity contribution < 1.29 is 17.0 Å². The standard InChI is InChI=1S/C28H60P.BrH/c1-8-15-19-26(12-5)23-29(22-18-11-4,24-27(13-6)20-16-9-2)25-28(14-7)21-17-10-3;/h26-28H,8-25H2,1-7H3;1H/q+1;/p-1. The summed E-state index contributed by atoms with van der Waals surface area (Å²) in [5, 5.41) is 0. The third-order valence-electron chi connectivity index (χ3n) is 7.55. The van der Waals surface area contributed by atoms with E-state index in [-0.39, 0.29) is 17.0 Å². The molecule has 0 radical (unpaired) electrons. The lowest BCUT2D eigenvalue weighted by Gasteiger charge is -2.36. The largest absolute Gasteiger partial charge is 1.00 e. The maximum atomic E-state index is 2.48. The van der Waals surface area contributed by atoms with Gasteiger partial charge in [0.15, 0.2) is 0 Å². The molecule has 0 N–H and O–H groups in total. The van der Waals surface area contributed by atoms with E-state index in [4.69, 9.17) is 0 Å². The molecule has 0 fully saturated rings. The fourth-order valence-corrected chi connectivity index (χ4v) is 12.0. The average molecular weight is 508 g/mol. The zero-order valence-corrected chi connectivity index (χ0v) is 24.8. The molecule has 0 bridgehead atoms. The van der Waals surface area contributed by atoms with Gasteiger partial charge >= 0.3 is 0 Å². The van der Waals surface area contributed by atoms with Crippen LogP contribution >= 0.6 is 7.26 Å². The number of halogens is 1. The molecule has 0 aromatic rings. The molecule has 0 nitrogen and oxygen atoms in total. The van der Waals surface area contributed by atoms with Gasteiger partial charge in [-0.25, -0.2) is 0 Å². The second-order valence-electron chi connectivity index (χ2n) is 10.2. The molecule has 0 spiro atoms. The number of rotatable bonds is 21. The Kier molecular flexibility index (Phi) is 24.0. The summed E-state index contributed by atoms with van der Waals surface area (Å²) in [4.78, 5) is 0. The predicted molar refractivity (Wildman–Crippen MR) is 141 cm³/mol. The van der Waals surface area contributed by atoms with E-state index in [0.717, 1.165) is 17.8 Å². The van der Waals surface area contributed by atoms with Crippen molar-refractivity contribution in [1.29, 1.82) is 0 Å². The SMILES string of the molecule is CCCCC(CC)C[P+](CCCC)(CC(CC)CCCC)CC(CC)CCCC.[Br-]. The van der Waals surface area contributed by atoms with E-state index in [1.807, 2.05) is 0 Å². The lowest BCUT2D eigenvalue weighted by atomic mass is 10.0. The molecule has 0 aliphatic rings. The highest BCUT2D eigenvalue weighted by Gasteiger charge is 2.42. The fraction of sp³-hybridized carbons (Fsp3) is 1.00. The van der Waals surface area contributed by atoms with Crippen molar-refractivity contribution in [3.05, 3.63) is 0 Å². The molecule has 3 unspecified atom stereocenters. The van der Waals surface area contributed by atoms with Crippen LogP contribution in [-0.4, -0.2) is 24.6 Å². The van der Waals surface area contributed by atoms with Gasteiger partial charge in [0.1, 0.15) is 0 Å². The maximum absolute atomic E-state index is 2.48. The summed E-state index contributed by atoms with van der Waals surface area (Å²) in [6.45, 7) is 17.0. The van der Waals surface area contributed by atoms with Crippen LogP contribution in [0.15, 0.2) is 0 Å². The van der Waals surface area contributed by atoms with Crippen LogP contribution in [-0.2, 0) is 0 Å². The Balaban J connectivity index is 0. The molecule has 0 rings (SSSR count). The third kappa shape index (κ3) is 14.9. The lowest BCUT2D eigenvalue weighted by molar-refractivity contribution is -0.00000689. The van der Waals surface area contributed by atoms with Gasteiger partial charge in [-0.15, -0.1) is 0 Å². The van der Waals surface area contributed by atoms with Crippen molar-refractivity contribution in [2.75, 3.05) is 24.6 Å². The van der Waals surface area contributed by atoms with Crippen LogP contribution in [0.2, 0.25) is 0 Å². The van der Waals surface area contributed by atoms with E-state index in [9.17, 15) is 0 Å². The number of hydrogen-bond donors (Lipinski definition) is 0. The molecule has 0 heterocycles. The Morgan fingerprint density at radius 3 is 1.00 bits per heavy atom. The summed E-state index contributed by atoms with van der Waals surface area (Å²) in [5.41, 5.74) is 0. The quantitative estimate of drug-likeness (QED) is 0.142. The van der Waals surface area contributed by atoms with Crippen LogP contribution in [0.4, 0.5) is 0 Å². The summed E-state index contributed by atoms with van der Waals surface area (Å²) < 4.78 is 0. The van der Waals surface area contributed by atoms with E-state index < -0.39 is 7.26 Å². The number of hydrogen-bond acceptors (Lipinski definition) is 0.